The van der Waals surface area contributed by atoms with Crippen molar-refractivity contribution >= 4 is 5.97 Å². The van der Waals surface area contributed by atoms with Gasteiger partial charge in [0.2, 0.25) is 0 Å². The number of nitrogens with one attached hydrogen (secondary N) is 2. The van der Waals surface area contributed by atoms with Crippen molar-refractivity contribution in [3.63, 3.8) is 0 Å². The predicted molar refractivity (Wildman–Crippen MR) is 79.8 cm³/mol. The molecule has 6 nitrogen and oxygen atoms in total. The molecule has 1 aromatic heterocycles. The van der Waals surface area contributed by atoms with Gasteiger partial charge in [0.25, 0.3) is 0 Å². The van der Waals surface area contributed by atoms with E-state index in [9.17, 15) is 9.90 Å². The molecule has 0 bridgehead atoms. The second-order valence-corrected chi connectivity index (χ2v) is 4.94. The van der Waals surface area contributed by atoms with Gasteiger partial charge in [-0.05, 0) is 12.0 Å². The van der Waals surface area contributed by atoms with Crippen molar-refractivity contribution in [2.24, 2.45) is 5.73 Å². The minimum Gasteiger partial charge on any atom is -0.480 e. The first-order valence-corrected chi connectivity index (χ1v) is 6.89. The van der Waals surface area contributed by atoms with E-state index in [2.05, 4.69) is 15.3 Å². The van der Waals surface area contributed by atoms with Crippen molar-refractivity contribution in [2.75, 3.05) is 6.54 Å². The fourth-order valence-electron chi connectivity index (χ4n) is 2.22. The number of hydrogen-bond acceptors (Lipinski definition) is 4. The minimum absolute atomic E-state index is 0.0903. The van der Waals surface area contributed by atoms with Crippen LogP contribution in [0.3, 0.4) is 0 Å². The van der Waals surface area contributed by atoms with Gasteiger partial charge >= 0.3 is 5.97 Å². The number of carboxylic acids is 1. The lowest BCUT2D eigenvalue weighted by atomic mass is 10.0. The monoisotopic (exact) mass is 288 g/mol. The molecule has 0 aliphatic carbocycles. The van der Waals surface area contributed by atoms with E-state index in [0.29, 0.717) is 25.1 Å². The Kier molecular flexibility index (Phi) is 5.48. The molecule has 0 amide bonds. The fraction of sp³-hybridized carbons (Fsp3) is 0.333. The molecule has 0 aliphatic rings. The molecule has 1 aromatic carbocycles. The van der Waals surface area contributed by atoms with Gasteiger partial charge in [-0.25, -0.2) is 4.98 Å². The van der Waals surface area contributed by atoms with Crippen molar-refractivity contribution in [2.45, 2.75) is 24.9 Å². The topological polar surface area (TPSA) is 104 Å². The van der Waals surface area contributed by atoms with E-state index in [1.165, 1.54) is 0 Å². The maximum atomic E-state index is 11.4. The first-order chi connectivity index (χ1) is 10.2. The third-order valence-electron chi connectivity index (χ3n) is 3.31. The van der Waals surface area contributed by atoms with Crippen molar-refractivity contribution in [3.8, 4) is 0 Å². The number of hydrogen-bond donors (Lipinski definition) is 4. The number of benzene rings is 1. The second-order valence-electron chi connectivity index (χ2n) is 4.94. The number of nitrogens with zero attached hydrogens (tertiary/aromatic N) is 1. The Morgan fingerprint density at radius 3 is 2.67 bits per heavy atom. The van der Waals surface area contributed by atoms with Crippen LogP contribution >= 0.6 is 0 Å². The maximum Gasteiger partial charge on any atom is 0.321 e. The number of H-pyrrole nitrogens is 1. The molecule has 0 aliphatic heterocycles. The van der Waals surface area contributed by atoms with Gasteiger partial charge in [-0.15, -0.1) is 0 Å². The Bertz CT molecular complexity index is 542. The van der Waals surface area contributed by atoms with Crippen LogP contribution < -0.4 is 11.1 Å². The van der Waals surface area contributed by atoms with Gasteiger partial charge in [0.05, 0.1) is 12.0 Å². The van der Waals surface area contributed by atoms with Crippen LogP contribution in [0.4, 0.5) is 0 Å². The van der Waals surface area contributed by atoms with Crippen molar-refractivity contribution in [1.82, 2.24) is 15.3 Å². The van der Waals surface area contributed by atoms with Gasteiger partial charge in [0, 0.05) is 25.2 Å². The van der Waals surface area contributed by atoms with Gasteiger partial charge in [0.1, 0.15) is 6.04 Å². The highest BCUT2D eigenvalue weighted by atomic mass is 16.4. The lowest BCUT2D eigenvalue weighted by Gasteiger charge is -2.22. The van der Waals surface area contributed by atoms with Crippen molar-refractivity contribution in [3.05, 3.63) is 54.1 Å². The molecule has 0 fully saturated rings. The molecule has 2 rings (SSSR count). The molecule has 2 aromatic rings. The lowest BCUT2D eigenvalue weighted by molar-refractivity contribution is -0.139. The summed E-state index contributed by atoms with van der Waals surface area (Å²) in [5.41, 5.74) is 7.61. The van der Waals surface area contributed by atoms with Crippen molar-refractivity contribution < 1.29 is 9.90 Å². The Balaban J connectivity index is 1.98. The highest BCUT2D eigenvalue weighted by Crippen LogP contribution is 2.05. The van der Waals surface area contributed by atoms with E-state index < -0.39 is 12.0 Å². The average Bonchev–Trinajstić information content (AvgIpc) is 2.99. The Morgan fingerprint density at radius 1 is 1.33 bits per heavy atom. The number of aliphatic carboxylic acids is 1. The molecule has 0 radical (unpaired) electrons. The largest absolute Gasteiger partial charge is 0.480 e. The lowest BCUT2D eigenvalue weighted by Crippen LogP contribution is -2.48. The van der Waals surface area contributed by atoms with Gasteiger partial charge in [-0.1, -0.05) is 30.3 Å². The predicted octanol–water partition coefficient (Wildman–Crippen LogP) is 0.565. The molecule has 0 spiro atoms. The third kappa shape index (κ3) is 4.70. The molecular formula is C15H20N4O2. The standard InChI is InChI=1S/C15H20N4O2/c16-8-12(6-11-4-2-1-3-5-11)19-14(15(20)21)7-13-9-17-10-18-13/h1-5,9-10,12,14,19H,6-8,16H2,(H,17,18)(H,20,21)/t12-,14-/m0/s1. The van der Waals surface area contributed by atoms with Crippen LogP contribution in [-0.2, 0) is 17.6 Å². The van der Waals surface area contributed by atoms with E-state index >= 15 is 0 Å². The fourth-order valence-corrected chi connectivity index (χ4v) is 2.22. The zero-order chi connectivity index (χ0) is 15.1. The summed E-state index contributed by atoms with van der Waals surface area (Å²) in [6.45, 7) is 0.374. The van der Waals surface area contributed by atoms with E-state index in [1.54, 1.807) is 12.5 Å². The zero-order valence-electron chi connectivity index (χ0n) is 11.7. The van der Waals surface area contributed by atoms with E-state index in [0.717, 1.165) is 5.56 Å². The van der Waals surface area contributed by atoms with Gasteiger partial charge in [0.15, 0.2) is 0 Å². The first kappa shape index (κ1) is 15.2. The molecule has 2 atom stereocenters. The normalized spacial score (nSPS) is 13.8. The van der Waals surface area contributed by atoms with E-state index in [-0.39, 0.29) is 6.04 Å². The number of carbonyl (C=O) groups is 1. The minimum atomic E-state index is -0.899. The molecule has 5 N–H and O–H groups in total. The van der Waals surface area contributed by atoms with Gasteiger partial charge in [-0.3, -0.25) is 10.1 Å². The van der Waals surface area contributed by atoms with Crippen molar-refractivity contribution in [1.29, 1.82) is 0 Å². The summed E-state index contributed by atoms with van der Waals surface area (Å²) in [6, 6.07) is 9.09. The van der Waals surface area contributed by atoms with Crippen LogP contribution in [0.15, 0.2) is 42.9 Å². The summed E-state index contributed by atoms with van der Waals surface area (Å²) in [4.78, 5) is 18.3. The van der Waals surface area contributed by atoms with Crippen LogP contribution in [0.2, 0.25) is 0 Å². The molecule has 21 heavy (non-hydrogen) atoms. The number of imidazole rings is 1. The van der Waals surface area contributed by atoms with Crippen LogP contribution in [0.5, 0.6) is 0 Å². The summed E-state index contributed by atoms with van der Waals surface area (Å²) >= 11 is 0. The Hall–Kier alpha value is -2.18. The molecule has 6 heteroatoms. The molecule has 0 saturated carbocycles. The Labute approximate surface area is 123 Å². The smallest absolute Gasteiger partial charge is 0.321 e. The zero-order valence-corrected chi connectivity index (χ0v) is 11.7. The van der Waals surface area contributed by atoms with E-state index in [1.807, 2.05) is 30.3 Å². The molecule has 112 valence electrons. The van der Waals surface area contributed by atoms with Gasteiger partial charge in [-0.2, -0.15) is 0 Å². The maximum absolute atomic E-state index is 11.4. The summed E-state index contributed by atoms with van der Waals surface area (Å²) in [5, 5.41) is 12.5. The molecule has 0 unspecified atom stereocenters. The molecule has 0 saturated heterocycles. The SMILES string of the molecule is NC[C@H](Cc1ccccc1)N[C@@H](Cc1c[nH]cn1)C(=O)O. The summed E-state index contributed by atoms with van der Waals surface area (Å²) in [6.07, 6.45) is 4.26. The quantitative estimate of drug-likeness (QED) is 0.568. The van der Waals surface area contributed by atoms with Crippen LogP contribution in [0.1, 0.15) is 11.3 Å². The highest BCUT2D eigenvalue weighted by Gasteiger charge is 2.22. The van der Waals surface area contributed by atoms with Gasteiger partial charge < -0.3 is 15.8 Å². The first-order valence-electron chi connectivity index (χ1n) is 6.89. The van der Waals surface area contributed by atoms with E-state index in [4.69, 9.17) is 5.73 Å². The molecule has 1 heterocycles. The number of aromatic amines is 1. The summed E-state index contributed by atoms with van der Waals surface area (Å²) < 4.78 is 0. The number of aromatic nitrogens is 2. The highest BCUT2D eigenvalue weighted by molar-refractivity contribution is 5.73. The van der Waals surface area contributed by atoms with Crippen LogP contribution in [-0.4, -0.2) is 39.7 Å². The van der Waals surface area contributed by atoms with Crippen LogP contribution in [0.25, 0.3) is 0 Å². The second kappa shape index (κ2) is 7.56. The number of nitrogens with two attached hydrogens (primary N) is 1. The van der Waals surface area contributed by atoms with Crippen LogP contribution in [0, 0.1) is 0 Å². The Morgan fingerprint density at radius 2 is 2.10 bits per heavy atom. The number of carboxylic acid groups (broad SMARTS) is 1. The average molecular weight is 288 g/mol. The third-order valence-corrected chi connectivity index (χ3v) is 3.31. The summed E-state index contributed by atoms with van der Waals surface area (Å²) in [7, 11) is 0. The molecular weight excluding hydrogens is 268 g/mol. The summed E-state index contributed by atoms with van der Waals surface area (Å²) in [5.74, 6) is -0.899. The number of rotatable bonds is 8.